The molecule has 4 nitrogen and oxygen atoms in total. The normalized spacial score (nSPS) is 9.08. The summed E-state index contributed by atoms with van der Waals surface area (Å²) in [5.41, 5.74) is 1.96. The standard InChI is InChI=1S/C13H12N2S.C5H12N2S/c16-13(14-11-7-3-1-4-8-11)15-12-9-5-2-6-10-12;1-3-6-5(8)7-4-2/h1-10H,(H2,14,15,16);3-4H2,1-2H3,(H2,6,7,8). The molecule has 0 fully saturated rings. The molecule has 2 rings (SSSR count). The van der Waals surface area contributed by atoms with Crippen molar-refractivity contribution in [1.29, 1.82) is 0 Å². The third-order valence-corrected chi connectivity index (χ3v) is 3.23. The summed E-state index contributed by atoms with van der Waals surface area (Å²) >= 11 is 10.0. The van der Waals surface area contributed by atoms with Crippen molar-refractivity contribution in [1.82, 2.24) is 10.6 Å². The van der Waals surface area contributed by atoms with E-state index in [0.717, 1.165) is 29.6 Å². The second-order valence-electron chi connectivity index (χ2n) is 4.70. The van der Waals surface area contributed by atoms with Crippen LogP contribution in [-0.2, 0) is 0 Å². The second-order valence-corrected chi connectivity index (χ2v) is 5.52. The van der Waals surface area contributed by atoms with E-state index in [1.807, 2.05) is 74.5 Å². The summed E-state index contributed by atoms with van der Waals surface area (Å²) in [6, 6.07) is 19.7. The molecule has 0 amide bonds. The summed E-state index contributed by atoms with van der Waals surface area (Å²) in [7, 11) is 0. The van der Waals surface area contributed by atoms with E-state index in [1.54, 1.807) is 0 Å². The van der Waals surface area contributed by atoms with Crippen LogP contribution in [0.2, 0.25) is 0 Å². The summed E-state index contributed by atoms with van der Waals surface area (Å²) < 4.78 is 0. The molecule has 6 heteroatoms. The third kappa shape index (κ3) is 9.07. The van der Waals surface area contributed by atoms with E-state index in [1.165, 1.54) is 0 Å². The monoisotopic (exact) mass is 360 g/mol. The van der Waals surface area contributed by atoms with Crippen molar-refractivity contribution >= 4 is 46.0 Å². The van der Waals surface area contributed by atoms with Crippen LogP contribution in [0.5, 0.6) is 0 Å². The zero-order chi connectivity index (χ0) is 17.6. The van der Waals surface area contributed by atoms with Crippen LogP contribution in [0.4, 0.5) is 11.4 Å². The molecule has 0 aliphatic heterocycles. The van der Waals surface area contributed by atoms with Crippen LogP contribution in [0.1, 0.15) is 13.8 Å². The van der Waals surface area contributed by atoms with E-state index in [4.69, 9.17) is 24.4 Å². The van der Waals surface area contributed by atoms with Crippen LogP contribution in [0, 0.1) is 0 Å². The predicted octanol–water partition coefficient (Wildman–Crippen LogP) is 3.99. The van der Waals surface area contributed by atoms with Crippen LogP contribution < -0.4 is 21.3 Å². The molecule has 128 valence electrons. The quantitative estimate of drug-likeness (QED) is 0.619. The lowest BCUT2D eigenvalue weighted by Crippen LogP contribution is -2.34. The Morgan fingerprint density at radius 3 is 1.38 bits per heavy atom. The Morgan fingerprint density at radius 2 is 1.04 bits per heavy atom. The lowest BCUT2D eigenvalue weighted by molar-refractivity contribution is 0.883. The first-order valence-electron chi connectivity index (χ1n) is 7.85. The average Bonchev–Trinajstić information content (AvgIpc) is 2.58. The van der Waals surface area contributed by atoms with E-state index in [0.29, 0.717) is 5.11 Å². The zero-order valence-corrected chi connectivity index (χ0v) is 15.6. The van der Waals surface area contributed by atoms with E-state index in [2.05, 4.69) is 21.3 Å². The fourth-order valence-electron chi connectivity index (χ4n) is 1.72. The second kappa shape index (κ2) is 12.3. The van der Waals surface area contributed by atoms with E-state index in [9.17, 15) is 0 Å². The lowest BCUT2D eigenvalue weighted by Gasteiger charge is -2.09. The van der Waals surface area contributed by atoms with Crippen molar-refractivity contribution in [2.24, 2.45) is 0 Å². The number of anilines is 2. The molecule has 0 saturated carbocycles. The maximum absolute atomic E-state index is 5.20. The van der Waals surface area contributed by atoms with E-state index < -0.39 is 0 Å². The molecule has 2 aromatic carbocycles. The molecule has 0 aromatic heterocycles. The first-order valence-corrected chi connectivity index (χ1v) is 8.67. The zero-order valence-electron chi connectivity index (χ0n) is 14.0. The van der Waals surface area contributed by atoms with Crippen LogP contribution in [0.25, 0.3) is 0 Å². The van der Waals surface area contributed by atoms with Gasteiger partial charge in [0.05, 0.1) is 0 Å². The van der Waals surface area contributed by atoms with Gasteiger partial charge in [0, 0.05) is 24.5 Å². The molecule has 0 heterocycles. The van der Waals surface area contributed by atoms with Gasteiger partial charge in [-0.1, -0.05) is 36.4 Å². The number of benzene rings is 2. The number of rotatable bonds is 4. The number of nitrogens with one attached hydrogen (secondary N) is 4. The summed E-state index contributed by atoms with van der Waals surface area (Å²) in [6.45, 7) is 5.82. The molecular weight excluding hydrogens is 336 g/mol. The SMILES string of the molecule is CCNC(=S)NCC.S=C(Nc1ccccc1)Nc1ccccc1. The highest BCUT2D eigenvalue weighted by atomic mass is 32.1. The number of para-hydroxylation sites is 2. The van der Waals surface area contributed by atoms with E-state index in [-0.39, 0.29) is 0 Å². The Morgan fingerprint density at radius 1 is 0.667 bits per heavy atom. The minimum absolute atomic E-state index is 0.595. The van der Waals surface area contributed by atoms with Gasteiger partial charge in [0.2, 0.25) is 0 Å². The van der Waals surface area contributed by atoms with Gasteiger partial charge in [-0.2, -0.15) is 0 Å². The van der Waals surface area contributed by atoms with Crippen LogP contribution in [0.15, 0.2) is 60.7 Å². The molecule has 0 aliphatic rings. The van der Waals surface area contributed by atoms with Gasteiger partial charge in [-0.15, -0.1) is 0 Å². The van der Waals surface area contributed by atoms with Gasteiger partial charge in [0.25, 0.3) is 0 Å². The van der Waals surface area contributed by atoms with Crippen LogP contribution in [0.3, 0.4) is 0 Å². The summed E-state index contributed by atoms with van der Waals surface area (Å²) in [4.78, 5) is 0. The molecule has 24 heavy (non-hydrogen) atoms. The largest absolute Gasteiger partial charge is 0.363 e. The molecule has 4 N–H and O–H groups in total. The van der Waals surface area contributed by atoms with Gasteiger partial charge in [0.15, 0.2) is 10.2 Å². The van der Waals surface area contributed by atoms with Crippen molar-refractivity contribution in [3.05, 3.63) is 60.7 Å². The highest BCUT2D eigenvalue weighted by molar-refractivity contribution is 7.80. The van der Waals surface area contributed by atoms with Crippen molar-refractivity contribution in [3.8, 4) is 0 Å². The average molecular weight is 361 g/mol. The smallest absolute Gasteiger partial charge is 0.175 e. The Hall–Kier alpha value is -2.18. The topological polar surface area (TPSA) is 48.1 Å². The first kappa shape index (κ1) is 19.9. The maximum atomic E-state index is 5.20. The molecule has 0 bridgehead atoms. The van der Waals surface area contributed by atoms with Gasteiger partial charge in [0.1, 0.15) is 0 Å². The lowest BCUT2D eigenvalue weighted by atomic mass is 10.3. The molecule has 0 aliphatic carbocycles. The molecule has 0 unspecified atom stereocenters. The molecule has 0 atom stereocenters. The van der Waals surface area contributed by atoms with Crippen molar-refractivity contribution in [2.75, 3.05) is 23.7 Å². The van der Waals surface area contributed by atoms with Gasteiger partial charge in [-0.05, 0) is 62.5 Å². The Bertz CT molecular complexity index is 551. The van der Waals surface area contributed by atoms with Crippen molar-refractivity contribution in [3.63, 3.8) is 0 Å². The minimum Gasteiger partial charge on any atom is -0.363 e. The number of hydrogen-bond donors (Lipinski definition) is 4. The fourth-order valence-corrected chi connectivity index (χ4v) is 2.24. The van der Waals surface area contributed by atoms with Gasteiger partial charge in [-0.25, -0.2) is 0 Å². The Kier molecular flexibility index (Phi) is 10.2. The first-order chi connectivity index (χ1) is 11.7. The molecule has 0 radical (unpaired) electrons. The Labute approximate surface area is 155 Å². The van der Waals surface area contributed by atoms with Gasteiger partial charge < -0.3 is 21.3 Å². The molecule has 0 saturated heterocycles. The van der Waals surface area contributed by atoms with E-state index >= 15 is 0 Å². The van der Waals surface area contributed by atoms with Gasteiger partial charge in [-0.3, -0.25) is 0 Å². The summed E-state index contributed by atoms with van der Waals surface area (Å²) in [5.74, 6) is 0. The minimum atomic E-state index is 0.595. The van der Waals surface area contributed by atoms with Crippen molar-refractivity contribution < 1.29 is 0 Å². The predicted molar refractivity (Wildman–Crippen MR) is 113 cm³/mol. The van der Waals surface area contributed by atoms with Crippen LogP contribution in [-0.4, -0.2) is 23.3 Å². The highest BCUT2D eigenvalue weighted by Gasteiger charge is 1.96. The number of hydrogen-bond acceptors (Lipinski definition) is 2. The maximum Gasteiger partial charge on any atom is 0.175 e. The summed E-state index contributed by atoms with van der Waals surface area (Å²) in [5, 5.41) is 13.5. The number of thiocarbonyl (C=S) groups is 2. The fraction of sp³-hybridized carbons (Fsp3) is 0.222. The summed E-state index contributed by atoms with van der Waals surface area (Å²) in [6.07, 6.45) is 0. The highest BCUT2D eigenvalue weighted by Crippen LogP contribution is 2.08. The molecule has 0 spiro atoms. The van der Waals surface area contributed by atoms with Gasteiger partial charge >= 0.3 is 0 Å². The molecular formula is C18H24N4S2. The third-order valence-electron chi connectivity index (χ3n) is 2.74. The van der Waals surface area contributed by atoms with Crippen molar-refractivity contribution in [2.45, 2.75) is 13.8 Å². The Balaban J connectivity index is 0.000000307. The molecule has 2 aromatic rings. The van der Waals surface area contributed by atoms with Crippen LogP contribution >= 0.6 is 24.4 Å².